The molecule has 0 N–H and O–H groups in total. The van der Waals surface area contributed by atoms with Crippen LogP contribution in [0, 0.1) is 0 Å². The molecule has 1 aromatic heterocycles. The molecule has 0 atom stereocenters. The second-order valence-corrected chi connectivity index (χ2v) is 6.91. The van der Waals surface area contributed by atoms with E-state index in [-0.39, 0.29) is 6.54 Å². The van der Waals surface area contributed by atoms with E-state index in [9.17, 15) is 22.8 Å². The number of rotatable bonds is 4. The Morgan fingerprint density at radius 1 is 1.19 bits per heavy atom. The molecule has 1 aliphatic rings. The largest absolute Gasteiger partial charge is 0.416 e. The molecule has 1 fully saturated rings. The summed E-state index contributed by atoms with van der Waals surface area (Å²) in [4.78, 5) is 27.3. The van der Waals surface area contributed by atoms with Gasteiger partial charge in [-0.15, -0.1) is 5.10 Å². The number of alkyl halides is 3. The van der Waals surface area contributed by atoms with Gasteiger partial charge in [0.25, 0.3) is 11.1 Å². The lowest BCUT2D eigenvalue weighted by Gasteiger charge is -2.10. The lowest BCUT2D eigenvalue weighted by molar-refractivity contribution is -0.137. The minimum atomic E-state index is -4.42. The van der Waals surface area contributed by atoms with E-state index in [1.165, 1.54) is 23.0 Å². The molecule has 1 saturated heterocycles. The molecular formula is C16H14F3N5O2S. The third-order valence-corrected chi connectivity index (χ3v) is 4.46. The molecule has 11 heteroatoms. The molecular weight excluding hydrogens is 383 g/mol. The van der Waals surface area contributed by atoms with E-state index in [1.54, 1.807) is 25.2 Å². The fourth-order valence-corrected chi connectivity index (χ4v) is 3.23. The maximum Gasteiger partial charge on any atom is 0.416 e. The number of thioether (sulfide) groups is 1. The molecule has 0 bridgehead atoms. The van der Waals surface area contributed by atoms with E-state index >= 15 is 0 Å². The van der Waals surface area contributed by atoms with Crippen molar-refractivity contribution in [1.82, 2.24) is 24.8 Å². The van der Waals surface area contributed by atoms with Crippen molar-refractivity contribution in [1.29, 1.82) is 0 Å². The van der Waals surface area contributed by atoms with Gasteiger partial charge in [0.05, 0.1) is 28.9 Å². The first kappa shape index (κ1) is 19.0. The fraction of sp³-hybridized carbons (Fsp3) is 0.250. The first-order chi connectivity index (χ1) is 12.6. The number of amides is 2. The summed E-state index contributed by atoms with van der Waals surface area (Å²) in [5, 5.41) is 7.31. The van der Waals surface area contributed by atoms with E-state index < -0.39 is 22.9 Å². The molecule has 0 radical (unpaired) electrons. The Bertz CT molecular complexity index is 906. The van der Waals surface area contributed by atoms with Crippen LogP contribution >= 0.6 is 11.8 Å². The highest BCUT2D eigenvalue weighted by Crippen LogP contribution is 2.32. The average Bonchev–Trinajstić information content (AvgIpc) is 3.15. The van der Waals surface area contributed by atoms with Crippen LogP contribution in [0.1, 0.15) is 11.3 Å². The van der Waals surface area contributed by atoms with Crippen LogP contribution in [0.15, 0.2) is 41.6 Å². The van der Waals surface area contributed by atoms with Crippen LogP contribution in [0.3, 0.4) is 0 Å². The van der Waals surface area contributed by atoms with E-state index in [0.29, 0.717) is 16.3 Å². The van der Waals surface area contributed by atoms with E-state index in [1.807, 2.05) is 0 Å². The summed E-state index contributed by atoms with van der Waals surface area (Å²) in [5.41, 5.74) is -0.0521. The highest BCUT2D eigenvalue weighted by molar-refractivity contribution is 8.18. The molecule has 7 nitrogen and oxygen atoms in total. The molecule has 2 aromatic rings. The van der Waals surface area contributed by atoms with Crippen LogP contribution in [-0.2, 0) is 17.5 Å². The zero-order valence-electron chi connectivity index (χ0n) is 14.3. The van der Waals surface area contributed by atoms with Gasteiger partial charge in [0, 0.05) is 20.3 Å². The third kappa shape index (κ3) is 4.13. The molecule has 3 rings (SSSR count). The van der Waals surface area contributed by atoms with Gasteiger partial charge in [0.1, 0.15) is 5.69 Å². The molecule has 0 unspecified atom stereocenters. The first-order valence-electron chi connectivity index (χ1n) is 7.66. The molecule has 0 aliphatic carbocycles. The normalized spacial score (nSPS) is 16.5. The summed E-state index contributed by atoms with van der Waals surface area (Å²) < 4.78 is 39.2. The summed E-state index contributed by atoms with van der Waals surface area (Å²) in [7, 11) is 3.48. The zero-order chi connectivity index (χ0) is 19.8. The van der Waals surface area contributed by atoms with Crippen LogP contribution in [0.25, 0.3) is 5.69 Å². The van der Waals surface area contributed by atoms with Crippen molar-refractivity contribution in [2.75, 3.05) is 14.1 Å². The quantitative estimate of drug-likeness (QED) is 0.739. The van der Waals surface area contributed by atoms with Crippen molar-refractivity contribution in [2.45, 2.75) is 12.7 Å². The van der Waals surface area contributed by atoms with Crippen molar-refractivity contribution < 1.29 is 22.8 Å². The van der Waals surface area contributed by atoms with Gasteiger partial charge in [-0.3, -0.25) is 14.5 Å². The highest BCUT2D eigenvalue weighted by Gasteiger charge is 2.36. The summed E-state index contributed by atoms with van der Waals surface area (Å²) in [6.07, 6.45) is -1.40. The number of imide groups is 1. The average molecular weight is 397 g/mol. The van der Waals surface area contributed by atoms with Crippen LogP contribution in [0.2, 0.25) is 0 Å². The van der Waals surface area contributed by atoms with Gasteiger partial charge in [-0.05, 0) is 36.0 Å². The third-order valence-electron chi connectivity index (χ3n) is 3.57. The second-order valence-electron chi connectivity index (χ2n) is 5.92. The molecule has 1 aliphatic heterocycles. The van der Waals surface area contributed by atoms with Gasteiger partial charge in [-0.1, -0.05) is 5.21 Å². The highest BCUT2D eigenvalue weighted by atomic mass is 32.2. The maximum absolute atomic E-state index is 12.6. The van der Waals surface area contributed by atoms with Crippen molar-refractivity contribution in [2.24, 2.45) is 0 Å². The summed E-state index contributed by atoms with van der Waals surface area (Å²) in [6, 6.07) is 4.42. The lowest BCUT2D eigenvalue weighted by Crippen LogP contribution is -2.28. The molecule has 2 amide bonds. The van der Waals surface area contributed by atoms with Gasteiger partial charge in [0.2, 0.25) is 0 Å². The van der Waals surface area contributed by atoms with E-state index in [2.05, 4.69) is 10.3 Å². The summed E-state index contributed by atoms with van der Waals surface area (Å²) >= 11 is 0.832. The van der Waals surface area contributed by atoms with Crippen LogP contribution in [0.5, 0.6) is 0 Å². The Hall–Kier alpha value is -2.82. The Kier molecular flexibility index (Phi) is 4.96. The molecule has 142 valence electrons. The standard InChI is InChI=1S/C16H14F3N5O2S/c1-22(2)9-13-14(25)23(15(26)27-13)7-11-8-24(21-20-11)12-5-3-10(4-6-12)16(17,18)19/h3-6,8-9H,7H2,1-2H3/b13-9-. The fourth-order valence-electron chi connectivity index (χ4n) is 2.32. The summed E-state index contributed by atoms with van der Waals surface area (Å²) in [6.45, 7) is -0.0733. The maximum atomic E-state index is 12.6. The van der Waals surface area contributed by atoms with Gasteiger partial charge in [-0.2, -0.15) is 13.2 Å². The van der Waals surface area contributed by atoms with Crippen LogP contribution in [0.4, 0.5) is 18.0 Å². The van der Waals surface area contributed by atoms with Crippen LogP contribution in [-0.4, -0.2) is 50.0 Å². The summed E-state index contributed by atoms with van der Waals surface area (Å²) in [5.74, 6) is -0.428. The minimum Gasteiger partial charge on any atom is -0.382 e. The predicted molar refractivity (Wildman–Crippen MR) is 91.7 cm³/mol. The van der Waals surface area contributed by atoms with Gasteiger partial charge < -0.3 is 4.90 Å². The lowest BCUT2D eigenvalue weighted by atomic mass is 10.2. The monoisotopic (exact) mass is 397 g/mol. The molecule has 0 spiro atoms. The topological polar surface area (TPSA) is 71.3 Å². The van der Waals surface area contributed by atoms with Gasteiger partial charge in [-0.25, -0.2) is 4.68 Å². The van der Waals surface area contributed by atoms with E-state index in [4.69, 9.17) is 0 Å². The molecule has 27 heavy (non-hydrogen) atoms. The second kappa shape index (κ2) is 7.06. The first-order valence-corrected chi connectivity index (χ1v) is 8.47. The molecule has 2 heterocycles. The number of hydrogen-bond acceptors (Lipinski definition) is 6. The predicted octanol–water partition coefficient (Wildman–Crippen LogP) is 2.88. The van der Waals surface area contributed by atoms with Crippen molar-refractivity contribution in [3.05, 3.63) is 52.8 Å². The number of halogens is 3. The number of nitrogens with zero attached hydrogens (tertiary/aromatic N) is 5. The number of carbonyl (C=O) groups excluding carboxylic acids is 2. The van der Waals surface area contributed by atoms with Crippen molar-refractivity contribution >= 4 is 22.9 Å². The number of carbonyl (C=O) groups is 2. The van der Waals surface area contributed by atoms with Gasteiger partial charge in [0.15, 0.2) is 0 Å². The number of benzene rings is 1. The Labute approximate surface area is 156 Å². The van der Waals surface area contributed by atoms with Crippen LogP contribution < -0.4 is 0 Å². The Balaban J connectivity index is 1.75. The zero-order valence-corrected chi connectivity index (χ0v) is 15.1. The number of hydrogen-bond donors (Lipinski definition) is 0. The number of aromatic nitrogens is 3. The Morgan fingerprint density at radius 2 is 1.85 bits per heavy atom. The van der Waals surface area contributed by atoms with Crippen molar-refractivity contribution in [3.8, 4) is 5.69 Å². The van der Waals surface area contributed by atoms with Gasteiger partial charge >= 0.3 is 6.18 Å². The molecule has 1 aromatic carbocycles. The smallest absolute Gasteiger partial charge is 0.382 e. The minimum absolute atomic E-state index is 0.0733. The Morgan fingerprint density at radius 3 is 2.44 bits per heavy atom. The SMILES string of the molecule is CN(C)/C=C1\SC(=O)N(Cc2cn(-c3ccc(C(F)(F)F)cc3)nn2)C1=O. The molecule has 0 saturated carbocycles. The van der Waals surface area contributed by atoms with E-state index in [0.717, 1.165) is 28.8 Å². The van der Waals surface area contributed by atoms with Crippen molar-refractivity contribution in [3.63, 3.8) is 0 Å².